The van der Waals surface area contributed by atoms with Gasteiger partial charge in [-0.15, -0.1) is 0 Å². The maximum Gasteiger partial charge on any atom is 0.346 e. The number of aliphatic carboxylic acids is 1. The Kier molecular flexibility index (Phi) is 5.30. The Balaban J connectivity index is 3.18. The Morgan fingerprint density at radius 2 is 2.20 bits per heavy atom. The minimum atomic E-state index is -1.24. The molecular weight excluding hydrogens is 256 g/mol. The second-order valence-corrected chi connectivity index (χ2v) is 4.43. The van der Waals surface area contributed by atoms with Crippen LogP contribution in [0.2, 0.25) is 0 Å². The monoisotopic (exact) mass is 274 g/mol. The molecule has 1 atom stereocenters. The largest absolute Gasteiger partial charge is 0.477 e. The van der Waals surface area contributed by atoms with Gasteiger partial charge in [0.2, 0.25) is 0 Å². The Bertz CT molecular complexity index is 571. The average Bonchev–Trinajstić information content (AvgIpc) is 2.37. The molecule has 1 aromatic carbocycles. The van der Waals surface area contributed by atoms with Gasteiger partial charge in [0, 0.05) is 12.2 Å². The number of hydrogen-bond donors (Lipinski definition) is 2. The van der Waals surface area contributed by atoms with E-state index in [2.05, 4.69) is 0 Å². The molecule has 5 heteroatoms. The van der Waals surface area contributed by atoms with Gasteiger partial charge in [0.05, 0.1) is 0 Å². The van der Waals surface area contributed by atoms with Gasteiger partial charge in [0.1, 0.15) is 17.9 Å². The molecule has 5 nitrogen and oxygen atoms in total. The van der Waals surface area contributed by atoms with Crippen molar-refractivity contribution in [2.75, 3.05) is 11.4 Å². The molecule has 0 spiro atoms. The summed E-state index contributed by atoms with van der Waals surface area (Å²) in [5, 5.41) is 27.3. The summed E-state index contributed by atoms with van der Waals surface area (Å²) in [6.45, 7) is 6.12. The summed E-state index contributed by atoms with van der Waals surface area (Å²) < 4.78 is 0. The van der Waals surface area contributed by atoms with Gasteiger partial charge in [-0.2, -0.15) is 5.26 Å². The number of benzene rings is 1. The smallest absolute Gasteiger partial charge is 0.346 e. The molecule has 0 aliphatic heterocycles. The average molecular weight is 274 g/mol. The first-order valence-corrected chi connectivity index (χ1v) is 6.31. The molecule has 0 saturated heterocycles. The highest BCUT2D eigenvalue weighted by Crippen LogP contribution is 2.22. The van der Waals surface area contributed by atoms with Crippen molar-refractivity contribution >= 4 is 17.7 Å². The lowest BCUT2D eigenvalue weighted by molar-refractivity contribution is -0.132. The first-order valence-electron chi connectivity index (χ1n) is 6.31. The molecule has 1 aromatic rings. The molecule has 1 unspecified atom stereocenters. The number of carboxylic acid groups (broad SMARTS) is 1. The fourth-order valence-corrected chi connectivity index (χ4v) is 1.96. The number of anilines is 1. The number of rotatable bonds is 5. The number of carbonyl (C=O) groups is 1. The van der Waals surface area contributed by atoms with Crippen LogP contribution in [0.5, 0.6) is 0 Å². The van der Waals surface area contributed by atoms with E-state index in [0.29, 0.717) is 12.1 Å². The fraction of sp³-hybridized carbons (Fsp3) is 0.333. The predicted molar refractivity (Wildman–Crippen MR) is 77.1 cm³/mol. The number of aliphatic hydroxyl groups excluding tert-OH is 1. The number of nitriles is 1. The van der Waals surface area contributed by atoms with Crippen LogP contribution in [0.3, 0.4) is 0 Å². The van der Waals surface area contributed by atoms with E-state index in [4.69, 9.17) is 10.4 Å². The lowest BCUT2D eigenvalue weighted by atomic mass is 10.0. The molecule has 106 valence electrons. The molecule has 0 amide bonds. The van der Waals surface area contributed by atoms with E-state index in [0.717, 1.165) is 11.3 Å². The maximum atomic E-state index is 10.8. The first-order chi connectivity index (χ1) is 9.40. The molecule has 0 radical (unpaired) electrons. The van der Waals surface area contributed by atoms with Crippen LogP contribution in [0.4, 0.5) is 5.69 Å². The molecule has 0 aliphatic rings. The first kappa shape index (κ1) is 15.7. The van der Waals surface area contributed by atoms with Crippen molar-refractivity contribution in [2.45, 2.75) is 27.0 Å². The quantitative estimate of drug-likeness (QED) is 0.488. The highest BCUT2D eigenvalue weighted by molar-refractivity contribution is 5.96. The number of aliphatic hydroxyl groups is 1. The Morgan fingerprint density at radius 1 is 1.55 bits per heavy atom. The molecule has 0 aromatic heterocycles. The minimum Gasteiger partial charge on any atom is -0.477 e. The van der Waals surface area contributed by atoms with E-state index in [1.807, 2.05) is 24.8 Å². The summed E-state index contributed by atoms with van der Waals surface area (Å²) >= 11 is 0. The molecule has 20 heavy (non-hydrogen) atoms. The van der Waals surface area contributed by atoms with Crippen molar-refractivity contribution in [3.8, 4) is 6.07 Å². The second kappa shape index (κ2) is 6.73. The van der Waals surface area contributed by atoms with Crippen molar-refractivity contribution in [1.82, 2.24) is 0 Å². The van der Waals surface area contributed by atoms with Gasteiger partial charge in [-0.3, -0.25) is 0 Å². The SMILES string of the molecule is CCN(c1ccc(/C=C(\C#N)C(=O)O)c(C)c1)C(C)O. The molecule has 1 rings (SSSR count). The van der Waals surface area contributed by atoms with Crippen LogP contribution in [-0.4, -0.2) is 29.0 Å². The van der Waals surface area contributed by atoms with E-state index < -0.39 is 12.2 Å². The van der Waals surface area contributed by atoms with Crippen LogP contribution < -0.4 is 4.90 Å². The molecule has 2 N–H and O–H groups in total. The van der Waals surface area contributed by atoms with Crippen molar-refractivity contribution in [3.63, 3.8) is 0 Å². The van der Waals surface area contributed by atoms with E-state index in [1.165, 1.54) is 6.08 Å². The lowest BCUT2D eigenvalue weighted by Gasteiger charge is -2.26. The number of nitrogens with zero attached hydrogens (tertiary/aromatic N) is 2. The standard InChI is InChI=1S/C15H18N2O3/c1-4-17(11(3)18)14-6-5-12(10(2)7-14)8-13(9-16)15(19)20/h5-8,11,18H,4H2,1-3H3,(H,19,20)/b13-8+. The van der Waals surface area contributed by atoms with Gasteiger partial charge in [-0.25, -0.2) is 4.79 Å². The van der Waals surface area contributed by atoms with Crippen molar-refractivity contribution < 1.29 is 15.0 Å². The van der Waals surface area contributed by atoms with Crippen LogP contribution in [0, 0.1) is 18.3 Å². The third-order valence-corrected chi connectivity index (χ3v) is 3.03. The Hall–Kier alpha value is -2.32. The molecule has 0 bridgehead atoms. The van der Waals surface area contributed by atoms with Crippen LogP contribution in [-0.2, 0) is 4.79 Å². The lowest BCUT2D eigenvalue weighted by Crippen LogP contribution is -2.32. The summed E-state index contributed by atoms with van der Waals surface area (Å²) in [6, 6.07) is 7.06. The van der Waals surface area contributed by atoms with Gasteiger partial charge < -0.3 is 15.1 Å². The molecule has 0 fully saturated rings. The number of hydrogen-bond acceptors (Lipinski definition) is 4. The topological polar surface area (TPSA) is 84.6 Å². The van der Waals surface area contributed by atoms with Crippen LogP contribution >= 0.6 is 0 Å². The summed E-state index contributed by atoms with van der Waals surface area (Å²) in [5.41, 5.74) is 2.07. The molecule has 0 heterocycles. The number of aryl methyl sites for hydroxylation is 1. The van der Waals surface area contributed by atoms with Gasteiger partial charge in [-0.05, 0) is 50.1 Å². The van der Waals surface area contributed by atoms with Gasteiger partial charge >= 0.3 is 5.97 Å². The van der Waals surface area contributed by atoms with Crippen LogP contribution in [0.15, 0.2) is 23.8 Å². The third-order valence-electron chi connectivity index (χ3n) is 3.03. The molecular formula is C15H18N2O3. The van der Waals surface area contributed by atoms with Crippen molar-refractivity contribution in [3.05, 3.63) is 34.9 Å². The van der Waals surface area contributed by atoms with E-state index in [-0.39, 0.29) is 5.57 Å². The summed E-state index contributed by atoms with van der Waals surface area (Å²) in [7, 11) is 0. The maximum absolute atomic E-state index is 10.8. The second-order valence-electron chi connectivity index (χ2n) is 4.43. The summed E-state index contributed by atoms with van der Waals surface area (Å²) in [5.74, 6) is -1.24. The van der Waals surface area contributed by atoms with Gasteiger partial charge in [0.25, 0.3) is 0 Å². The van der Waals surface area contributed by atoms with Crippen molar-refractivity contribution in [2.24, 2.45) is 0 Å². The van der Waals surface area contributed by atoms with Crippen LogP contribution in [0.1, 0.15) is 25.0 Å². The Morgan fingerprint density at radius 3 is 2.60 bits per heavy atom. The minimum absolute atomic E-state index is 0.302. The van der Waals surface area contributed by atoms with E-state index in [1.54, 1.807) is 25.1 Å². The predicted octanol–water partition coefficient (Wildman–Crippen LogP) is 2.15. The van der Waals surface area contributed by atoms with E-state index in [9.17, 15) is 9.90 Å². The fourth-order valence-electron chi connectivity index (χ4n) is 1.96. The zero-order valence-corrected chi connectivity index (χ0v) is 11.8. The molecule has 0 aliphatic carbocycles. The summed E-state index contributed by atoms with van der Waals surface area (Å²) in [4.78, 5) is 12.6. The van der Waals surface area contributed by atoms with E-state index >= 15 is 0 Å². The molecule has 0 saturated carbocycles. The summed E-state index contributed by atoms with van der Waals surface area (Å²) in [6.07, 6.45) is 0.745. The van der Waals surface area contributed by atoms with Gasteiger partial charge in [-0.1, -0.05) is 6.07 Å². The normalized spacial score (nSPS) is 12.7. The Labute approximate surface area is 118 Å². The zero-order valence-electron chi connectivity index (χ0n) is 11.8. The van der Waals surface area contributed by atoms with Crippen LogP contribution in [0.25, 0.3) is 6.08 Å². The highest BCUT2D eigenvalue weighted by Gasteiger charge is 2.11. The number of carboxylic acids is 1. The van der Waals surface area contributed by atoms with Gasteiger partial charge in [0.15, 0.2) is 0 Å². The zero-order chi connectivity index (χ0) is 15.3. The van der Waals surface area contributed by atoms with Crippen molar-refractivity contribution in [1.29, 1.82) is 5.26 Å². The third kappa shape index (κ3) is 3.59. The highest BCUT2D eigenvalue weighted by atomic mass is 16.4.